The Morgan fingerprint density at radius 2 is 1.94 bits per heavy atom. The van der Waals surface area contributed by atoms with E-state index in [1.807, 2.05) is 56.3 Å². The molecule has 4 rings (SSSR count). The van der Waals surface area contributed by atoms with Crippen LogP contribution in [0.1, 0.15) is 16.8 Å². The molecule has 0 aliphatic rings. The third kappa shape index (κ3) is 4.29. The van der Waals surface area contributed by atoms with Crippen molar-refractivity contribution in [3.63, 3.8) is 0 Å². The van der Waals surface area contributed by atoms with Crippen molar-refractivity contribution in [3.05, 3.63) is 82.5 Å². The molecule has 0 atom stereocenters. The van der Waals surface area contributed by atoms with Crippen molar-refractivity contribution >= 4 is 40.3 Å². The molecule has 1 amide bonds. The van der Waals surface area contributed by atoms with Gasteiger partial charge in [0.15, 0.2) is 5.82 Å². The van der Waals surface area contributed by atoms with E-state index in [2.05, 4.69) is 10.4 Å². The minimum absolute atomic E-state index is 0.295. The topological polar surface area (TPSA) is 69.0 Å². The first-order valence-electron chi connectivity index (χ1n) is 9.71. The number of rotatable bonds is 5. The number of carbonyl (C=O) groups excluding carboxylic acids is 1. The number of para-hydroxylation sites is 1. The number of benzene rings is 2. The number of ether oxygens (including phenoxy) is 1. The van der Waals surface area contributed by atoms with E-state index >= 15 is 0 Å². The highest BCUT2D eigenvalue weighted by molar-refractivity contribution is 6.32. The van der Waals surface area contributed by atoms with Crippen LogP contribution in [0.25, 0.3) is 22.8 Å². The van der Waals surface area contributed by atoms with E-state index in [4.69, 9.17) is 21.3 Å². The van der Waals surface area contributed by atoms with Gasteiger partial charge < -0.3 is 10.1 Å². The van der Waals surface area contributed by atoms with Gasteiger partial charge >= 0.3 is 0 Å². The zero-order valence-electron chi connectivity index (χ0n) is 17.4. The Bertz CT molecular complexity index is 1310. The quantitative estimate of drug-likeness (QED) is 0.431. The zero-order chi connectivity index (χ0) is 22.0. The fraction of sp³-hybridized carbons (Fsp3) is 0.125. The van der Waals surface area contributed by atoms with Crippen LogP contribution >= 0.6 is 11.6 Å². The number of hydrogen-bond donors (Lipinski definition) is 1. The lowest BCUT2D eigenvalue weighted by Gasteiger charge is -2.12. The van der Waals surface area contributed by atoms with Crippen LogP contribution in [0.2, 0.25) is 5.02 Å². The molecular formula is C24H21ClN4O2. The lowest BCUT2D eigenvalue weighted by molar-refractivity contribution is -0.111. The molecule has 4 aromatic rings. The molecule has 0 spiro atoms. The van der Waals surface area contributed by atoms with Crippen LogP contribution in [0.3, 0.4) is 0 Å². The molecule has 156 valence electrons. The average Bonchev–Trinajstić information content (AvgIpc) is 3.12. The van der Waals surface area contributed by atoms with Crippen LogP contribution in [-0.2, 0) is 4.79 Å². The normalized spacial score (nSPS) is 11.2. The summed E-state index contributed by atoms with van der Waals surface area (Å²) in [5, 5.41) is 8.98. The molecule has 2 aromatic carbocycles. The maximum atomic E-state index is 12.5. The molecule has 31 heavy (non-hydrogen) atoms. The van der Waals surface area contributed by atoms with Gasteiger partial charge in [0.25, 0.3) is 0 Å². The molecule has 7 heteroatoms. The van der Waals surface area contributed by atoms with E-state index in [9.17, 15) is 4.79 Å². The number of hydrogen-bond acceptors (Lipinski definition) is 4. The van der Waals surface area contributed by atoms with Gasteiger partial charge in [-0.25, -0.2) is 4.98 Å². The SMILES string of the molecule is COc1cccc2c(C)cc(-n3nc(C)cc3NC(=O)/C=C/c3ccccc3Cl)nc12. The fourth-order valence-corrected chi connectivity index (χ4v) is 3.55. The van der Waals surface area contributed by atoms with Gasteiger partial charge in [0, 0.05) is 22.6 Å². The van der Waals surface area contributed by atoms with Gasteiger partial charge in [-0.15, -0.1) is 0 Å². The molecule has 1 N–H and O–H groups in total. The number of methoxy groups -OCH3 is 1. The Labute approximate surface area is 185 Å². The number of nitrogens with one attached hydrogen (secondary N) is 1. The summed E-state index contributed by atoms with van der Waals surface area (Å²) in [5.74, 6) is 1.50. The van der Waals surface area contributed by atoms with Gasteiger partial charge in [-0.05, 0) is 49.2 Å². The van der Waals surface area contributed by atoms with Crippen molar-refractivity contribution in [1.29, 1.82) is 0 Å². The molecule has 0 saturated carbocycles. The first kappa shape index (κ1) is 20.6. The van der Waals surface area contributed by atoms with Crippen molar-refractivity contribution < 1.29 is 9.53 Å². The summed E-state index contributed by atoms with van der Waals surface area (Å²) in [6.45, 7) is 3.87. The molecule has 0 aliphatic heterocycles. The molecule has 0 fully saturated rings. The van der Waals surface area contributed by atoms with E-state index in [1.165, 1.54) is 6.08 Å². The Balaban J connectivity index is 1.68. The first-order chi connectivity index (χ1) is 15.0. The van der Waals surface area contributed by atoms with Gasteiger partial charge in [-0.1, -0.05) is 41.9 Å². The van der Waals surface area contributed by atoms with E-state index in [-0.39, 0.29) is 5.91 Å². The van der Waals surface area contributed by atoms with Crippen molar-refractivity contribution in [1.82, 2.24) is 14.8 Å². The van der Waals surface area contributed by atoms with Crippen LogP contribution in [0.4, 0.5) is 5.82 Å². The highest BCUT2D eigenvalue weighted by Gasteiger charge is 2.14. The first-order valence-corrected chi connectivity index (χ1v) is 10.1. The van der Waals surface area contributed by atoms with Crippen molar-refractivity contribution in [2.75, 3.05) is 12.4 Å². The number of aromatic nitrogens is 3. The highest BCUT2D eigenvalue weighted by Crippen LogP contribution is 2.28. The third-order valence-corrected chi connectivity index (χ3v) is 5.18. The maximum absolute atomic E-state index is 12.5. The summed E-state index contributed by atoms with van der Waals surface area (Å²) < 4.78 is 7.10. The average molecular weight is 433 g/mol. The van der Waals surface area contributed by atoms with Crippen LogP contribution in [-0.4, -0.2) is 27.8 Å². The molecule has 2 aromatic heterocycles. The number of anilines is 1. The molecule has 0 saturated heterocycles. The number of fused-ring (bicyclic) bond motifs is 1. The number of amides is 1. The highest BCUT2D eigenvalue weighted by atomic mass is 35.5. The molecule has 0 radical (unpaired) electrons. The largest absolute Gasteiger partial charge is 0.494 e. The second-order valence-corrected chi connectivity index (χ2v) is 7.49. The number of aryl methyl sites for hydroxylation is 2. The lowest BCUT2D eigenvalue weighted by Crippen LogP contribution is -2.13. The monoisotopic (exact) mass is 432 g/mol. The number of pyridine rings is 1. The second-order valence-electron chi connectivity index (χ2n) is 7.08. The van der Waals surface area contributed by atoms with Gasteiger partial charge in [0.05, 0.1) is 12.8 Å². The third-order valence-electron chi connectivity index (χ3n) is 4.84. The minimum Gasteiger partial charge on any atom is -0.494 e. The second kappa shape index (κ2) is 8.62. The van der Waals surface area contributed by atoms with Crippen LogP contribution < -0.4 is 10.1 Å². The summed E-state index contributed by atoms with van der Waals surface area (Å²) in [5.41, 5.74) is 3.29. The Kier molecular flexibility index (Phi) is 5.73. The van der Waals surface area contributed by atoms with Crippen molar-refractivity contribution in [2.24, 2.45) is 0 Å². The Hall–Kier alpha value is -3.64. The predicted molar refractivity (Wildman–Crippen MR) is 124 cm³/mol. The van der Waals surface area contributed by atoms with E-state index < -0.39 is 0 Å². The maximum Gasteiger partial charge on any atom is 0.249 e. The number of nitrogens with zero attached hydrogens (tertiary/aromatic N) is 3. The Morgan fingerprint density at radius 1 is 1.13 bits per heavy atom. The summed E-state index contributed by atoms with van der Waals surface area (Å²) in [6.07, 6.45) is 3.12. The fourth-order valence-electron chi connectivity index (χ4n) is 3.35. The smallest absolute Gasteiger partial charge is 0.249 e. The molecule has 6 nitrogen and oxygen atoms in total. The van der Waals surface area contributed by atoms with Crippen LogP contribution in [0, 0.1) is 13.8 Å². The number of carbonyl (C=O) groups is 1. The summed E-state index contributed by atoms with van der Waals surface area (Å²) >= 11 is 6.15. The Morgan fingerprint density at radius 3 is 2.71 bits per heavy atom. The van der Waals surface area contributed by atoms with Crippen LogP contribution in [0.15, 0.2) is 60.7 Å². The zero-order valence-corrected chi connectivity index (χ0v) is 18.1. The van der Waals surface area contributed by atoms with Gasteiger partial charge in [-0.2, -0.15) is 9.78 Å². The standard InChI is InChI=1S/C24H21ClN4O2/c1-15-13-21(27-24-18(15)8-6-10-20(24)31-3)29-22(14-16(2)28-29)26-23(30)12-11-17-7-4-5-9-19(17)25/h4-14H,1-3H3,(H,26,30)/b12-11+. The molecule has 2 heterocycles. The lowest BCUT2D eigenvalue weighted by atomic mass is 10.1. The van der Waals surface area contributed by atoms with Crippen LogP contribution in [0.5, 0.6) is 5.75 Å². The van der Waals surface area contributed by atoms with Crippen molar-refractivity contribution in [2.45, 2.75) is 13.8 Å². The van der Waals surface area contributed by atoms with E-state index in [0.29, 0.717) is 22.4 Å². The summed E-state index contributed by atoms with van der Waals surface area (Å²) in [7, 11) is 1.62. The molecular weight excluding hydrogens is 412 g/mol. The molecule has 0 unspecified atom stereocenters. The summed E-state index contributed by atoms with van der Waals surface area (Å²) in [6, 6.07) is 16.9. The number of halogens is 1. The summed E-state index contributed by atoms with van der Waals surface area (Å²) in [4.78, 5) is 17.3. The minimum atomic E-state index is -0.295. The predicted octanol–water partition coefficient (Wildman–Crippen LogP) is 5.35. The van der Waals surface area contributed by atoms with E-state index in [1.54, 1.807) is 30.0 Å². The van der Waals surface area contributed by atoms with E-state index in [0.717, 1.165) is 27.7 Å². The van der Waals surface area contributed by atoms with Gasteiger partial charge in [0.2, 0.25) is 5.91 Å². The van der Waals surface area contributed by atoms with Crippen molar-refractivity contribution in [3.8, 4) is 11.6 Å². The van der Waals surface area contributed by atoms with Gasteiger partial charge in [0.1, 0.15) is 17.1 Å². The molecule has 0 aliphatic carbocycles. The van der Waals surface area contributed by atoms with Gasteiger partial charge in [-0.3, -0.25) is 4.79 Å². The molecule has 0 bridgehead atoms.